The van der Waals surface area contributed by atoms with E-state index in [2.05, 4.69) is 15.4 Å². The number of hydrogen-bond acceptors (Lipinski definition) is 5. The first kappa shape index (κ1) is 22.3. The number of pyridine rings is 1. The van der Waals surface area contributed by atoms with Crippen molar-refractivity contribution in [1.82, 2.24) is 14.8 Å². The molecule has 1 amide bonds. The van der Waals surface area contributed by atoms with Crippen LogP contribution in [-0.2, 0) is 17.8 Å². The number of carbonyl (C=O) groups excluding carboxylic acids is 1. The number of nitrogens with one attached hydrogen (secondary N) is 1. The third kappa shape index (κ3) is 4.09. The minimum Gasteiger partial charge on any atom is -0.480 e. The summed E-state index contributed by atoms with van der Waals surface area (Å²) < 4.78 is 29.6. The van der Waals surface area contributed by atoms with Gasteiger partial charge < -0.3 is 15.3 Å². The molecule has 8 nitrogen and oxygen atoms in total. The number of fused-ring (bicyclic) bond motifs is 1. The van der Waals surface area contributed by atoms with Gasteiger partial charge in [-0.1, -0.05) is 17.7 Å². The molecule has 3 aromatic rings. The second kappa shape index (κ2) is 8.68. The van der Waals surface area contributed by atoms with E-state index >= 15 is 0 Å². The minimum atomic E-state index is -0.960. The van der Waals surface area contributed by atoms with Gasteiger partial charge in [0.25, 0.3) is 5.91 Å². The number of carboxylic acids is 1. The van der Waals surface area contributed by atoms with Crippen LogP contribution in [0.2, 0.25) is 5.02 Å². The van der Waals surface area contributed by atoms with E-state index in [4.69, 9.17) is 11.6 Å². The van der Waals surface area contributed by atoms with Gasteiger partial charge in [0.2, 0.25) is 0 Å². The van der Waals surface area contributed by atoms with Crippen LogP contribution in [-0.4, -0.2) is 44.3 Å². The molecule has 1 atom stereocenters. The predicted molar refractivity (Wildman–Crippen MR) is 120 cm³/mol. The van der Waals surface area contributed by atoms with Crippen molar-refractivity contribution in [1.29, 1.82) is 0 Å². The molecule has 34 heavy (non-hydrogen) atoms. The summed E-state index contributed by atoms with van der Waals surface area (Å²) in [5.41, 5.74) is 1.15. The first-order valence-electron chi connectivity index (χ1n) is 10.8. The van der Waals surface area contributed by atoms with Crippen LogP contribution < -0.4 is 10.2 Å². The molecule has 176 valence electrons. The van der Waals surface area contributed by atoms with E-state index < -0.39 is 23.6 Å². The Bertz CT molecular complexity index is 1270. The molecule has 1 fully saturated rings. The van der Waals surface area contributed by atoms with Crippen molar-refractivity contribution in [3.8, 4) is 0 Å². The predicted octanol–water partition coefficient (Wildman–Crippen LogP) is 3.74. The monoisotopic (exact) mass is 487 g/mol. The Morgan fingerprint density at radius 1 is 1.26 bits per heavy atom. The largest absolute Gasteiger partial charge is 0.480 e. The number of nitrogens with zero attached hydrogens (tertiary/aromatic N) is 4. The van der Waals surface area contributed by atoms with Crippen molar-refractivity contribution >= 4 is 35.0 Å². The summed E-state index contributed by atoms with van der Waals surface area (Å²) >= 11 is 6.34. The van der Waals surface area contributed by atoms with Gasteiger partial charge >= 0.3 is 5.97 Å². The molecule has 0 saturated heterocycles. The molecule has 2 aliphatic rings. The van der Waals surface area contributed by atoms with Gasteiger partial charge in [-0.3, -0.25) is 9.48 Å². The van der Waals surface area contributed by atoms with Gasteiger partial charge in [-0.25, -0.2) is 18.6 Å². The molecule has 1 saturated carbocycles. The summed E-state index contributed by atoms with van der Waals surface area (Å²) in [6, 6.07) is 4.44. The van der Waals surface area contributed by atoms with E-state index in [-0.39, 0.29) is 35.5 Å². The van der Waals surface area contributed by atoms with Crippen LogP contribution in [0.1, 0.15) is 34.5 Å². The van der Waals surface area contributed by atoms with Crippen LogP contribution in [0.5, 0.6) is 0 Å². The zero-order valence-corrected chi connectivity index (χ0v) is 18.6. The fourth-order valence-corrected chi connectivity index (χ4v) is 4.41. The second-order valence-electron chi connectivity index (χ2n) is 8.39. The molecular formula is C23H20ClF2N5O3. The van der Waals surface area contributed by atoms with Gasteiger partial charge in [0.05, 0.1) is 40.9 Å². The maximum absolute atomic E-state index is 14.1. The summed E-state index contributed by atoms with van der Waals surface area (Å²) in [4.78, 5) is 30.5. The van der Waals surface area contributed by atoms with E-state index in [1.54, 1.807) is 6.07 Å². The Labute approximate surface area is 198 Å². The topological polar surface area (TPSA) is 100 Å². The summed E-state index contributed by atoms with van der Waals surface area (Å²) in [6.45, 7) is 0.119. The number of halogens is 3. The third-order valence-corrected chi connectivity index (χ3v) is 6.45. The molecule has 0 unspecified atom stereocenters. The standard InChI is InChI=1S/C23H20ClF2N5O3/c24-15-10-27-20(29-21(23(33)34)12-4-5-12)8-19(15)30-7-6-18-13(22(30)32)9-28-31(18)11-14-16(25)2-1-3-17(14)26/h1-3,8-10,12,21H,4-7,11H2,(H,27,29)(H,33,34)/t21-/m1/s1. The maximum atomic E-state index is 14.1. The number of aromatic nitrogens is 3. The van der Waals surface area contributed by atoms with Gasteiger partial charge in [-0.05, 0) is 30.9 Å². The SMILES string of the molecule is O=C(O)[C@H](Nc1cc(N2CCc3c(cnn3Cc3c(F)cccc3F)C2=O)c(Cl)cn1)C1CC1. The molecule has 0 radical (unpaired) electrons. The molecule has 1 aliphatic carbocycles. The smallest absolute Gasteiger partial charge is 0.326 e. The van der Waals surface area contributed by atoms with Gasteiger partial charge in [-0.2, -0.15) is 5.10 Å². The molecule has 3 heterocycles. The summed E-state index contributed by atoms with van der Waals surface area (Å²) in [5, 5.41) is 16.8. The van der Waals surface area contributed by atoms with Crippen molar-refractivity contribution in [2.45, 2.75) is 31.8 Å². The van der Waals surface area contributed by atoms with Crippen LogP contribution in [0.25, 0.3) is 0 Å². The van der Waals surface area contributed by atoms with Gasteiger partial charge in [-0.15, -0.1) is 0 Å². The average molecular weight is 488 g/mol. The number of amides is 1. The molecule has 1 aromatic carbocycles. The molecule has 11 heteroatoms. The van der Waals surface area contributed by atoms with Gasteiger partial charge in [0.15, 0.2) is 0 Å². The highest BCUT2D eigenvalue weighted by Gasteiger charge is 2.37. The number of anilines is 2. The molecule has 1 aliphatic heterocycles. The quantitative estimate of drug-likeness (QED) is 0.526. The first-order chi connectivity index (χ1) is 16.3. The summed E-state index contributed by atoms with van der Waals surface area (Å²) in [7, 11) is 0. The molecule has 2 N–H and O–H groups in total. The lowest BCUT2D eigenvalue weighted by molar-refractivity contribution is -0.138. The fourth-order valence-electron chi connectivity index (χ4n) is 4.20. The van der Waals surface area contributed by atoms with Crippen LogP contribution in [0.3, 0.4) is 0 Å². The minimum absolute atomic E-state index is 0.0442. The van der Waals surface area contributed by atoms with Crippen LogP contribution in [0, 0.1) is 17.6 Å². The van der Waals surface area contributed by atoms with Crippen molar-refractivity contribution in [3.05, 3.63) is 70.1 Å². The average Bonchev–Trinajstić information content (AvgIpc) is 3.56. The van der Waals surface area contributed by atoms with Gasteiger partial charge in [0.1, 0.15) is 23.5 Å². The Balaban J connectivity index is 1.40. The van der Waals surface area contributed by atoms with Crippen molar-refractivity contribution in [2.75, 3.05) is 16.8 Å². The summed E-state index contributed by atoms with van der Waals surface area (Å²) in [6.07, 6.45) is 4.80. The van der Waals surface area contributed by atoms with E-state index in [0.29, 0.717) is 29.2 Å². The zero-order chi connectivity index (χ0) is 24.0. The van der Waals surface area contributed by atoms with Crippen LogP contribution in [0.4, 0.5) is 20.3 Å². The van der Waals surface area contributed by atoms with Crippen LogP contribution >= 0.6 is 11.6 Å². The molecule has 0 spiro atoms. The highest BCUT2D eigenvalue weighted by atomic mass is 35.5. The molecular weight excluding hydrogens is 468 g/mol. The Kier molecular flexibility index (Phi) is 5.68. The highest BCUT2D eigenvalue weighted by molar-refractivity contribution is 6.34. The Hall–Kier alpha value is -3.53. The van der Waals surface area contributed by atoms with E-state index in [1.807, 2.05) is 0 Å². The zero-order valence-electron chi connectivity index (χ0n) is 17.8. The number of carboxylic acid groups (broad SMARTS) is 1. The normalized spacial score (nSPS) is 16.3. The number of benzene rings is 1. The van der Waals surface area contributed by atoms with Crippen LogP contribution in [0.15, 0.2) is 36.7 Å². The Morgan fingerprint density at radius 3 is 2.68 bits per heavy atom. The Morgan fingerprint density at radius 2 is 2.00 bits per heavy atom. The lowest BCUT2D eigenvalue weighted by atomic mass is 10.1. The molecule has 2 aromatic heterocycles. The van der Waals surface area contributed by atoms with Crippen molar-refractivity contribution < 1.29 is 23.5 Å². The third-order valence-electron chi connectivity index (χ3n) is 6.15. The van der Waals surface area contributed by atoms with E-state index in [1.165, 1.54) is 40.2 Å². The van der Waals surface area contributed by atoms with E-state index in [0.717, 1.165) is 12.8 Å². The first-order valence-corrected chi connectivity index (χ1v) is 11.2. The van der Waals surface area contributed by atoms with E-state index in [9.17, 15) is 23.5 Å². The lowest BCUT2D eigenvalue weighted by Crippen LogP contribution is -2.38. The fraction of sp³-hybridized carbons (Fsp3) is 0.304. The van der Waals surface area contributed by atoms with Crippen molar-refractivity contribution in [2.24, 2.45) is 5.92 Å². The number of rotatable bonds is 7. The second-order valence-corrected chi connectivity index (χ2v) is 8.80. The highest BCUT2D eigenvalue weighted by Crippen LogP contribution is 2.36. The molecule has 5 rings (SSSR count). The van der Waals surface area contributed by atoms with Crippen molar-refractivity contribution in [3.63, 3.8) is 0 Å². The lowest BCUT2D eigenvalue weighted by Gasteiger charge is -2.28. The maximum Gasteiger partial charge on any atom is 0.326 e. The number of aliphatic carboxylic acids is 1. The molecule has 0 bridgehead atoms. The van der Waals surface area contributed by atoms with Gasteiger partial charge in [0, 0.05) is 24.6 Å². The number of hydrogen-bond donors (Lipinski definition) is 2. The summed E-state index contributed by atoms with van der Waals surface area (Å²) in [5.74, 6) is -2.33. The number of carbonyl (C=O) groups is 2.